The predicted molar refractivity (Wildman–Crippen MR) is 83.8 cm³/mol. The Morgan fingerprint density at radius 3 is 2.86 bits per heavy atom. The van der Waals surface area contributed by atoms with E-state index in [0.717, 1.165) is 51.5 Å². The standard InChI is InChI=1S/C17H27NO3/c1-3-18-12-17(15-5-4-6-16(11-15)19-2)21-13-14-7-9-20-10-8-14/h4-6,11,14,17-18H,3,7-10,12-13H2,1-2H3. The predicted octanol–water partition coefficient (Wildman–Crippen LogP) is 2.79. The van der Waals surface area contributed by atoms with Gasteiger partial charge in [0.15, 0.2) is 0 Å². The van der Waals surface area contributed by atoms with Gasteiger partial charge in [0, 0.05) is 19.8 Å². The second-order valence-corrected chi connectivity index (χ2v) is 5.46. The van der Waals surface area contributed by atoms with Crippen LogP contribution in [0.4, 0.5) is 0 Å². The van der Waals surface area contributed by atoms with Gasteiger partial charge in [-0.15, -0.1) is 0 Å². The van der Waals surface area contributed by atoms with Gasteiger partial charge in [0.05, 0.1) is 19.8 Å². The Hall–Kier alpha value is -1.10. The topological polar surface area (TPSA) is 39.7 Å². The van der Waals surface area contributed by atoms with E-state index in [1.165, 1.54) is 5.56 Å². The SMILES string of the molecule is CCNCC(OCC1CCOCC1)c1cccc(OC)c1. The molecule has 2 rings (SSSR count). The van der Waals surface area contributed by atoms with E-state index in [4.69, 9.17) is 14.2 Å². The Bertz CT molecular complexity index is 405. The Kier molecular flexibility index (Phi) is 7.00. The van der Waals surface area contributed by atoms with Gasteiger partial charge in [-0.25, -0.2) is 0 Å². The van der Waals surface area contributed by atoms with Crippen LogP contribution >= 0.6 is 0 Å². The van der Waals surface area contributed by atoms with Crippen LogP contribution in [0, 0.1) is 5.92 Å². The Balaban J connectivity index is 1.95. The van der Waals surface area contributed by atoms with E-state index in [1.54, 1.807) is 7.11 Å². The van der Waals surface area contributed by atoms with Gasteiger partial charge in [-0.1, -0.05) is 19.1 Å². The third-order valence-electron chi connectivity index (χ3n) is 3.92. The summed E-state index contributed by atoms with van der Waals surface area (Å²) in [6, 6.07) is 8.15. The molecule has 0 bridgehead atoms. The van der Waals surface area contributed by atoms with Gasteiger partial charge in [0.1, 0.15) is 5.75 Å². The molecule has 1 unspecified atom stereocenters. The molecule has 1 fully saturated rings. The van der Waals surface area contributed by atoms with Crippen LogP contribution in [0.5, 0.6) is 5.75 Å². The lowest BCUT2D eigenvalue weighted by Crippen LogP contribution is -2.26. The second-order valence-electron chi connectivity index (χ2n) is 5.46. The summed E-state index contributed by atoms with van der Waals surface area (Å²) in [5.74, 6) is 1.50. The maximum atomic E-state index is 6.20. The third-order valence-corrected chi connectivity index (χ3v) is 3.92. The van der Waals surface area contributed by atoms with Gasteiger partial charge in [0.25, 0.3) is 0 Å². The third kappa shape index (κ3) is 5.30. The van der Waals surface area contributed by atoms with Crippen LogP contribution in [0.15, 0.2) is 24.3 Å². The summed E-state index contributed by atoms with van der Waals surface area (Å²) >= 11 is 0. The van der Waals surface area contributed by atoms with Crippen molar-refractivity contribution in [1.82, 2.24) is 5.32 Å². The summed E-state index contributed by atoms with van der Waals surface area (Å²) in [6.45, 7) is 6.42. The van der Waals surface area contributed by atoms with Gasteiger partial charge >= 0.3 is 0 Å². The van der Waals surface area contributed by atoms with E-state index >= 15 is 0 Å². The van der Waals surface area contributed by atoms with Crippen molar-refractivity contribution in [2.75, 3.05) is 40.0 Å². The molecule has 1 saturated heterocycles. The van der Waals surface area contributed by atoms with Crippen LogP contribution in [0.3, 0.4) is 0 Å². The molecule has 118 valence electrons. The number of hydrogen-bond acceptors (Lipinski definition) is 4. The molecule has 1 aromatic carbocycles. The van der Waals surface area contributed by atoms with Gasteiger partial charge in [-0.3, -0.25) is 0 Å². The van der Waals surface area contributed by atoms with Gasteiger partial charge < -0.3 is 19.5 Å². The summed E-state index contributed by atoms with van der Waals surface area (Å²) in [7, 11) is 1.70. The van der Waals surface area contributed by atoms with E-state index < -0.39 is 0 Å². The first-order chi connectivity index (χ1) is 10.3. The smallest absolute Gasteiger partial charge is 0.119 e. The molecule has 1 aliphatic heterocycles. The van der Waals surface area contributed by atoms with Crippen LogP contribution in [0.1, 0.15) is 31.4 Å². The second kappa shape index (κ2) is 9.03. The summed E-state index contributed by atoms with van der Waals surface area (Å²) in [6.07, 6.45) is 2.28. The zero-order chi connectivity index (χ0) is 14.9. The minimum atomic E-state index is 0.0721. The van der Waals surface area contributed by atoms with E-state index in [0.29, 0.717) is 5.92 Å². The quantitative estimate of drug-likeness (QED) is 0.800. The average molecular weight is 293 g/mol. The Morgan fingerprint density at radius 1 is 1.33 bits per heavy atom. The molecular weight excluding hydrogens is 266 g/mol. The lowest BCUT2D eigenvalue weighted by atomic mass is 10.0. The van der Waals surface area contributed by atoms with Crippen LogP contribution in [0.2, 0.25) is 0 Å². The largest absolute Gasteiger partial charge is 0.497 e. The zero-order valence-electron chi connectivity index (χ0n) is 13.1. The number of methoxy groups -OCH3 is 1. The van der Waals surface area contributed by atoms with Crippen LogP contribution in [-0.4, -0.2) is 40.0 Å². The Labute approximate surface area is 127 Å². The molecule has 1 atom stereocenters. The highest BCUT2D eigenvalue weighted by Crippen LogP contribution is 2.24. The fourth-order valence-corrected chi connectivity index (χ4v) is 2.56. The molecule has 0 radical (unpaired) electrons. The number of rotatable bonds is 8. The van der Waals surface area contributed by atoms with Crippen molar-refractivity contribution in [3.63, 3.8) is 0 Å². The summed E-state index contributed by atoms with van der Waals surface area (Å²) in [4.78, 5) is 0. The first kappa shape index (κ1) is 16.3. The molecular formula is C17H27NO3. The van der Waals surface area contributed by atoms with Crippen molar-refractivity contribution < 1.29 is 14.2 Å². The molecule has 21 heavy (non-hydrogen) atoms. The molecule has 0 saturated carbocycles. The zero-order valence-corrected chi connectivity index (χ0v) is 13.1. The van der Waals surface area contributed by atoms with Crippen LogP contribution in [0.25, 0.3) is 0 Å². The highest BCUT2D eigenvalue weighted by molar-refractivity contribution is 5.30. The van der Waals surface area contributed by atoms with Crippen molar-refractivity contribution in [3.05, 3.63) is 29.8 Å². The Morgan fingerprint density at radius 2 is 2.14 bits per heavy atom. The fraction of sp³-hybridized carbons (Fsp3) is 0.647. The summed E-state index contributed by atoms with van der Waals surface area (Å²) in [5, 5.41) is 3.38. The molecule has 0 spiro atoms. The number of benzene rings is 1. The van der Waals surface area contributed by atoms with Crippen LogP contribution in [-0.2, 0) is 9.47 Å². The van der Waals surface area contributed by atoms with Gasteiger partial charge in [-0.05, 0) is 43.0 Å². The highest BCUT2D eigenvalue weighted by atomic mass is 16.5. The first-order valence-corrected chi connectivity index (χ1v) is 7.87. The molecule has 1 aliphatic rings. The molecule has 0 aliphatic carbocycles. The number of nitrogens with one attached hydrogen (secondary N) is 1. The lowest BCUT2D eigenvalue weighted by molar-refractivity contribution is -0.0113. The molecule has 1 aromatic rings. The summed E-state index contributed by atoms with van der Waals surface area (Å²) in [5.41, 5.74) is 1.17. The number of ether oxygens (including phenoxy) is 3. The molecule has 4 heteroatoms. The lowest BCUT2D eigenvalue weighted by Gasteiger charge is -2.25. The number of hydrogen-bond donors (Lipinski definition) is 1. The maximum absolute atomic E-state index is 6.20. The minimum absolute atomic E-state index is 0.0721. The van der Waals surface area contributed by atoms with Gasteiger partial charge in [0.2, 0.25) is 0 Å². The molecule has 1 heterocycles. The van der Waals surface area contributed by atoms with E-state index in [9.17, 15) is 0 Å². The van der Waals surface area contributed by atoms with Crippen molar-refractivity contribution in [2.24, 2.45) is 5.92 Å². The summed E-state index contributed by atoms with van der Waals surface area (Å²) < 4.78 is 16.9. The molecule has 4 nitrogen and oxygen atoms in total. The van der Waals surface area contributed by atoms with Crippen molar-refractivity contribution in [3.8, 4) is 5.75 Å². The fourth-order valence-electron chi connectivity index (χ4n) is 2.56. The van der Waals surface area contributed by atoms with Gasteiger partial charge in [-0.2, -0.15) is 0 Å². The molecule has 1 N–H and O–H groups in total. The average Bonchev–Trinajstić information content (AvgIpc) is 2.56. The monoisotopic (exact) mass is 293 g/mol. The maximum Gasteiger partial charge on any atom is 0.119 e. The normalized spacial score (nSPS) is 17.6. The van der Waals surface area contributed by atoms with E-state index in [2.05, 4.69) is 24.4 Å². The number of likely N-dealkylation sites (N-methyl/N-ethyl adjacent to an activating group) is 1. The molecule has 0 amide bonds. The highest BCUT2D eigenvalue weighted by Gasteiger charge is 2.18. The van der Waals surface area contributed by atoms with Crippen molar-refractivity contribution in [2.45, 2.75) is 25.9 Å². The van der Waals surface area contributed by atoms with Crippen molar-refractivity contribution in [1.29, 1.82) is 0 Å². The van der Waals surface area contributed by atoms with Crippen LogP contribution < -0.4 is 10.1 Å². The van der Waals surface area contributed by atoms with E-state index in [-0.39, 0.29) is 6.10 Å². The van der Waals surface area contributed by atoms with E-state index in [1.807, 2.05) is 12.1 Å². The van der Waals surface area contributed by atoms with Crippen molar-refractivity contribution >= 4 is 0 Å². The molecule has 0 aromatic heterocycles. The first-order valence-electron chi connectivity index (χ1n) is 7.87. The minimum Gasteiger partial charge on any atom is -0.497 e.